The standard InChI is InChI=1S/C14H26N2S/c1-11-8-9-12(2)16(10-11)14(17)15-13-6-4-3-5-7-13/h11-13H,3-10H2,1-2H3,(H,15,17). The summed E-state index contributed by atoms with van der Waals surface area (Å²) < 4.78 is 0. The number of likely N-dealkylation sites (tertiary alicyclic amines) is 1. The highest BCUT2D eigenvalue weighted by atomic mass is 32.1. The molecule has 1 heterocycles. The van der Waals surface area contributed by atoms with Crippen LogP contribution in [-0.4, -0.2) is 28.6 Å². The molecule has 2 atom stereocenters. The van der Waals surface area contributed by atoms with Gasteiger partial charge in [0.2, 0.25) is 0 Å². The van der Waals surface area contributed by atoms with Gasteiger partial charge < -0.3 is 10.2 Å². The number of rotatable bonds is 1. The smallest absolute Gasteiger partial charge is 0.169 e. The van der Waals surface area contributed by atoms with E-state index < -0.39 is 0 Å². The molecule has 2 unspecified atom stereocenters. The average molecular weight is 254 g/mol. The Balaban J connectivity index is 1.85. The number of piperidine rings is 1. The zero-order chi connectivity index (χ0) is 12.3. The molecule has 3 heteroatoms. The Bertz CT molecular complexity index is 261. The van der Waals surface area contributed by atoms with E-state index in [-0.39, 0.29) is 0 Å². The van der Waals surface area contributed by atoms with Crippen molar-refractivity contribution in [3.63, 3.8) is 0 Å². The largest absolute Gasteiger partial charge is 0.360 e. The maximum atomic E-state index is 5.60. The van der Waals surface area contributed by atoms with Gasteiger partial charge in [0.15, 0.2) is 5.11 Å². The molecule has 2 nitrogen and oxygen atoms in total. The summed E-state index contributed by atoms with van der Waals surface area (Å²) in [6.45, 7) is 5.78. The molecule has 1 aliphatic carbocycles. The maximum absolute atomic E-state index is 5.60. The van der Waals surface area contributed by atoms with Crippen molar-refractivity contribution in [3.05, 3.63) is 0 Å². The Labute approximate surface area is 111 Å². The Morgan fingerprint density at radius 3 is 2.47 bits per heavy atom. The van der Waals surface area contributed by atoms with Gasteiger partial charge in [-0.3, -0.25) is 0 Å². The molecule has 0 aromatic carbocycles. The van der Waals surface area contributed by atoms with E-state index in [1.807, 2.05) is 0 Å². The number of nitrogens with zero attached hydrogens (tertiary/aromatic N) is 1. The Morgan fingerprint density at radius 1 is 1.06 bits per heavy atom. The summed E-state index contributed by atoms with van der Waals surface area (Å²) in [6, 6.07) is 1.26. The number of thiocarbonyl (C=S) groups is 1. The lowest BCUT2D eigenvalue weighted by Gasteiger charge is -2.40. The van der Waals surface area contributed by atoms with Crippen molar-refractivity contribution in [3.8, 4) is 0 Å². The quantitative estimate of drug-likeness (QED) is 0.723. The maximum Gasteiger partial charge on any atom is 0.169 e. The zero-order valence-electron chi connectivity index (χ0n) is 11.2. The molecule has 0 spiro atoms. The third kappa shape index (κ3) is 3.57. The summed E-state index contributed by atoms with van der Waals surface area (Å²) in [5.74, 6) is 0.789. The fraction of sp³-hybridized carbons (Fsp3) is 0.929. The summed E-state index contributed by atoms with van der Waals surface area (Å²) >= 11 is 5.60. The van der Waals surface area contributed by atoms with Gasteiger partial charge in [0, 0.05) is 18.6 Å². The summed E-state index contributed by atoms with van der Waals surface area (Å²) in [5.41, 5.74) is 0. The molecule has 1 saturated heterocycles. The van der Waals surface area contributed by atoms with E-state index in [4.69, 9.17) is 12.2 Å². The SMILES string of the molecule is CC1CCC(C)N(C(=S)NC2CCCCC2)C1. The van der Waals surface area contributed by atoms with Gasteiger partial charge in [0.1, 0.15) is 0 Å². The minimum absolute atomic E-state index is 0.620. The molecule has 2 aliphatic rings. The minimum Gasteiger partial charge on any atom is -0.360 e. The van der Waals surface area contributed by atoms with E-state index in [1.165, 1.54) is 44.9 Å². The Kier molecular flexibility index (Phi) is 4.66. The van der Waals surface area contributed by atoms with Gasteiger partial charge in [-0.1, -0.05) is 26.2 Å². The first-order chi connectivity index (χ1) is 8.16. The van der Waals surface area contributed by atoms with E-state index in [0.29, 0.717) is 12.1 Å². The van der Waals surface area contributed by atoms with Gasteiger partial charge in [-0.05, 0) is 50.7 Å². The van der Waals surface area contributed by atoms with Gasteiger partial charge in [-0.25, -0.2) is 0 Å². The molecule has 2 fully saturated rings. The second kappa shape index (κ2) is 6.03. The van der Waals surface area contributed by atoms with Crippen LogP contribution in [0.1, 0.15) is 58.8 Å². The summed E-state index contributed by atoms with van der Waals surface area (Å²) in [5, 5.41) is 4.61. The van der Waals surface area contributed by atoms with Crippen molar-refractivity contribution in [2.45, 2.75) is 70.9 Å². The highest BCUT2D eigenvalue weighted by Gasteiger charge is 2.26. The van der Waals surface area contributed by atoms with E-state index in [2.05, 4.69) is 24.1 Å². The summed E-state index contributed by atoms with van der Waals surface area (Å²) in [7, 11) is 0. The lowest BCUT2D eigenvalue weighted by molar-refractivity contribution is 0.202. The molecular formula is C14H26N2S. The molecule has 17 heavy (non-hydrogen) atoms. The minimum atomic E-state index is 0.620. The summed E-state index contributed by atoms with van der Waals surface area (Å²) in [4.78, 5) is 2.41. The molecule has 0 amide bonds. The average Bonchev–Trinajstić information content (AvgIpc) is 2.33. The second-order valence-electron chi connectivity index (χ2n) is 5.97. The van der Waals surface area contributed by atoms with E-state index in [1.54, 1.807) is 0 Å². The number of hydrogen-bond acceptors (Lipinski definition) is 1. The predicted octanol–water partition coefficient (Wildman–Crippen LogP) is 3.31. The molecule has 0 aromatic heterocycles. The third-order valence-electron chi connectivity index (χ3n) is 4.31. The first-order valence-electron chi connectivity index (χ1n) is 7.24. The first-order valence-corrected chi connectivity index (χ1v) is 7.65. The molecule has 0 bridgehead atoms. The van der Waals surface area contributed by atoms with Crippen molar-refractivity contribution in [1.29, 1.82) is 0 Å². The lowest BCUT2D eigenvalue weighted by atomic mass is 9.94. The number of nitrogens with one attached hydrogen (secondary N) is 1. The second-order valence-corrected chi connectivity index (χ2v) is 6.36. The van der Waals surface area contributed by atoms with Crippen LogP contribution in [0.15, 0.2) is 0 Å². The van der Waals surface area contributed by atoms with Gasteiger partial charge >= 0.3 is 0 Å². The summed E-state index contributed by atoms with van der Waals surface area (Å²) in [6.07, 6.45) is 9.38. The lowest BCUT2D eigenvalue weighted by Crippen LogP contribution is -2.52. The number of hydrogen-bond donors (Lipinski definition) is 1. The topological polar surface area (TPSA) is 15.3 Å². The molecule has 1 aliphatic heterocycles. The van der Waals surface area contributed by atoms with Crippen LogP contribution in [0.2, 0.25) is 0 Å². The zero-order valence-corrected chi connectivity index (χ0v) is 12.1. The van der Waals surface area contributed by atoms with Gasteiger partial charge in [0.25, 0.3) is 0 Å². The van der Waals surface area contributed by atoms with Crippen molar-refractivity contribution in [2.24, 2.45) is 5.92 Å². The van der Waals surface area contributed by atoms with Crippen molar-refractivity contribution in [1.82, 2.24) is 10.2 Å². The molecule has 0 aromatic rings. The van der Waals surface area contributed by atoms with Crippen LogP contribution >= 0.6 is 12.2 Å². The Morgan fingerprint density at radius 2 is 1.76 bits per heavy atom. The van der Waals surface area contributed by atoms with Crippen LogP contribution < -0.4 is 5.32 Å². The monoisotopic (exact) mass is 254 g/mol. The van der Waals surface area contributed by atoms with Crippen LogP contribution in [0.5, 0.6) is 0 Å². The molecular weight excluding hydrogens is 228 g/mol. The third-order valence-corrected chi connectivity index (χ3v) is 4.66. The Hall–Kier alpha value is -0.310. The normalized spacial score (nSPS) is 31.3. The van der Waals surface area contributed by atoms with Gasteiger partial charge in [0.05, 0.1) is 0 Å². The molecule has 0 radical (unpaired) electrons. The van der Waals surface area contributed by atoms with Gasteiger partial charge in [-0.2, -0.15) is 0 Å². The van der Waals surface area contributed by atoms with Gasteiger partial charge in [-0.15, -0.1) is 0 Å². The van der Waals surface area contributed by atoms with Crippen LogP contribution in [0.3, 0.4) is 0 Å². The molecule has 1 saturated carbocycles. The van der Waals surface area contributed by atoms with E-state index in [9.17, 15) is 0 Å². The van der Waals surface area contributed by atoms with Crippen molar-refractivity contribution in [2.75, 3.05) is 6.54 Å². The highest BCUT2D eigenvalue weighted by Crippen LogP contribution is 2.22. The van der Waals surface area contributed by atoms with E-state index in [0.717, 1.165) is 17.6 Å². The van der Waals surface area contributed by atoms with Crippen LogP contribution in [0, 0.1) is 5.92 Å². The van der Waals surface area contributed by atoms with Crippen LogP contribution in [0.4, 0.5) is 0 Å². The molecule has 98 valence electrons. The van der Waals surface area contributed by atoms with E-state index >= 15 is 0 Å². The fourth-order valence-electron chi connectivity index (χ4n) is 3.08. The van der Waals surface area contributed by atoms with Crippen LogP contribution in [0.25, 0.3) is 0 Å². The fourth-order valence-corrected chi connectivity index (χ4v) is 3.50. The first kappa shape index (κ1) is 13.1. The van der Waals surface area contributed by atoms with Crippen molar-refractivity contribution >= 4 is 17.3 Å². The highest BCUT2D eigenvalue weighted by molar-refractivity contribution is 7.80. The predicted molar refractivity (Wildman–Crippen MR) is 77.2 cm³/mol. The van der Waals surface area contributed by atoms with Crippen molar-refractivity contribution < 1.29 is 0 Å². The molecule has 2 rings (SSSR count). The molecule has 1 N–H and O–H groups in total. The van der Waals surface area contributed by atoms with Crippen LogP contribution in [-0.2, 0) is 0 Å².